The molecule has 0 radical (unpaired) electrons. The second-order valence-corrected chi connectivity index (χ2v) is 8.16. The quantitative estimate of drug-likeness (QED) is 0.358. The van der Waals surface area contributed by atoms with E-state index in [4.69, 9.17) is 14.9 Å². The van der Waals surface area contributed by atoms with Crippen LogP contribution in [0.3, 0.4) is 0 Å². The fraction of sp³-hybridized carbons (Fsp3) is 0.348. The number of nitrogens with zero attached hydrogens (tertiary/aromatic N) is 5. The fourth-order valence-electron chi connectivity index (χ4n) is 3.20. The maximum Gasteiger partial charge on any atom is 0.416 e. The molecular weight excluding hydrogens is 498 g/mol. The molecule has 1 fully saturated rings. The number of nitrogens with one attached hydrogen (secondary N) is 2. The molecule has 0 aromatic heterocycles. The van der Waals surface area contributed by atoms with Crippen molar-refractivity contribution in [3.63, 3.8) is 0 Å². The molecule has 10 nitrogen and oxygen atoms in total. The average Bonchev–Trinajstić information content (AvgIpc) is 2.87. The summed E-state index contributed by atoms with van der Waals surface area (Å²) in [4.78, 5) is 26.5. The first-order valence-electron chi connectivity index (χ1n) is 10.9. The molecule has 0 spiro atoms. The fourth-order valence-corrected chi connectivity index (χ4v) is 3.20. The summed E-state index contributed by atoms with van der Waals surface area (Å²) in [6, 6.07) is 3.24. The lowest BCUT2D eigenvalue weighted by Gasteiger charge is -2.36. The number of amides is 1. The van der Waals surface area contributed by atoms with Crippen molar-refractivity contribution in [2.24, 2.45) is 15.0 Å². The van der Waals surface area contributed by atoms with Gasteiger partial charge < -0.3 is 24.6 Å². The molecule has 0 bridgehead atoms. The summed E-state index contributed by atoms with van der Waals surface area (Å²) in [5, 5.41) is 10.4. The summed E-state index contributed by atoms with van der Waals surface area (Å²) in [5.74, 6) is -1.56. The molecule has 0 unspecified atom stereocenters. The van der Waals surface area contributed by atoms with Crippen molar-refractivity contribution >= 4 is 30.4 Å². The second-order valence-electron chi connectivity index (χ2n) is 8.16. The van der Waals surface area contributed by atoms with E-state index in [1.54, 1.807) is 6.92 Å². The monoisotopic (exact) mass is 523 g/mol. The summed E-state index contributed by atoms with van der Waals surface area (Å²) < 4.78 is 64.9. The van der Waals surface area contributed by atoms with Crippen molar-refractivity contribution in [2.45, 2.75) is 19.2 Å². The molecule has 2 N–H and O–H groups in total. The van der Waals surface area contributed by atoms with Crippen LogP contribution < -0.4 is 10.1 Å². The maximum absolute atomic E-state index is 14.7. The molecule has 14 heteroatoms. The van der Waals surface area contributed by atoms with E-state index < -0.39 is 30.5 Å². The first-order chi connectivity index (χ1) is 17.4. The summed E-state index contributed by atoms with van der Waals surface area (Å²) in [6.45, 7) is 4.23. The minimum Gasteiger partial charge on any atom is -0.421 e. The molecule has 3 rings (SSSR count). The van der Waals surface area contributed by atoms with Crippen LogP contribution >= 0.6 is 0 Å². The van der Waals surface area contributed by atoms with Gasteiger partial charge in [-0.3, -0.25) is 10.2 Å². The molecule has 1 saturated heterocycles. The van der Waals surface area contributed by atoms with Gasteiger partial charge in [-0.05, 0) is 43.5 Å². The Kier molecular flexibility index (Phi) is 8.42. The van der Waals surface area contributed by atoms with Crippen molar-refractivity contribution in [3.05, 3.63) is 53.1 Å². The zero-order valence-electron chi connectivity index (χ0n) is 20.3. The highest BCUT2D eigenvalue weighted by molar-refractivity contribution is 5.97. The van der Waals surface area contributed by atoms with Crippen LogP contribution in [0.2, 0.25) is 0 Å². The third kappa shape index (κ3) is 7.00. The van der Waals surface area contributed by atoms with Gasteiger partial charge in [0, 0.05) is 26.2 Å². The van der Waals surface area contributed by atoms with Crippen LogP contribution in [-0.4, -0.2) is 86.3 Å². The van der Waals surface area contributed by atoms with Crippen LogP contribution in [0, 0.1) is 11.2 Å². The number of morpholine rings is 1. The summed E-state index contributed by atoms with van der Waals surface area (Å²) in [7, 11) is 3.05. The Bertz CT molecular complexity index is 1210. The molecule has 1 atom stereocenters. The van der Waals surface area contributed by atoms with Gasteiger partial charge in [0.05, 0.1) is 13.2 Å². The lowest BCUT2D eigenvalue weighted by molar-refractivity contribution is -0.232. The number of halogens is 4. The number of benzene rings is 1. The Labute approximate surface area is 210 Å². The number of rotatable bonds is 4. The number of aliphatic imine (C=N–C) groups is 3. The first kappa shape index (κ1) is 27.5. The Hall–Kier alpha value is -4.07. The topological polar surface area (TPSA) is 115 Å². The van der Waals surface area contributed by atoms with E-state index in [0.29, 0.717) is 5.57 Å². The number of carbonyl (C=O) groups excluding carboxylic acids is 1. The molecule has 2 aliphatic rings. The number of hydrogen-bond acceptors (Lipinski definition) is 8. The third-order valence-corrected chi connectivity index (χ3v) is 5.19. The smallest absolute Gasteiger partial charge is 0.416 e. The van der Waals surface area contributed by atoms with Crippen LogP contribution in [0.5, 0.6) is 5.75 Å². The Morgan fingerprint density at radius 1 is 1.35 bits per heavy atom. The highest BCUT2D eigenvalue weighted by atomic mass is 19.4. The summed E-state index contributed by atoms with van der Waals surface area (Å²) in [5.41, 5.74) is 0.549. The molecule has 37 heavy (non-hydrogen) atoms. The van der Waals surface area contributed by atoms with Gasteiger partial charge in [0.25, 0.3) is 5.91 Å². The minimum absolute atomic E-state index is 0.0120. The van der Waals surface area contributed by atoms with Crippen molar-refractivity contribution < 1.29 is 31.8 Å². The molecule has 1 aromatic rings. The van der Waals surface area contributed by atoms with Gasteiger partial charge in [-0.15, -0.1) is 0 Å². The molecule has 2 aliphatic heterocycles. The predicted molar refractivity (Wildman–Crippen MR) is 130 cm³/mol. The van der Waals surface area contributed by atoms with Gasteiger partial charge in [-0.25, -0.2) is 9.38 Å². The predicted octanol–water partition coefficient (Wildman–Crippen LogP) is 2.95. The lowest BCUT2D eigenvalue weighted by atomic mass is 10.2. The molecule has 0 aliphatic carbocycles. The van der Waals surface area contributed by atoms with Crippen molar-refractivity contribution in [3.8, 4) is 5.75 Å². The highest BCUT2D eigenvalue weighted by Gasteiger charge is 2.44. The van der Waals surface area contributed by atoms with Gasteiger partial charge in [0.1, 0.15) is 11.7 Å². The van der Waals surface area contributed by atoms with Crippen LogP contribution in [0.25, 0.3) is 0 Å². The number of amidine groups is 2. The number of guanidine groups is 1. The van der Waals surface area contributed by atoms with Gasteiger partial charge in [0.2, 0.25) is 5.96 Å². The lowest BCUT2D eigenvalue weighted by Crippen LogP contribution is -2.55. The van der Waals surface area contributed by atoms with Crippen LogP contribution in [0.1, 0.15) is 17.3 Å². The molecule has 0 saturated carbocycles. The Morgan fingerprint density at radius 3 is 2.70 bits per heavy atom. The standard InChI is InChI=1S/C23H25F4N7O3/c1-13(5-8-18(28)29-2)19-30-21(34-9-10-36-17(12-34)23(25,26)27)32-22(31-19)37-16-7-6-14(11-15(16)24)20(35)33(3)4/h5-8,11,17,28H,2,9-10,12H2,1,3-4H3,(H,30,31,32)/t17-/m0/s1. The van der Waals surface area contributed by atoms with Gasteiger partial charge in [0.15, 0.2) is 17.7 Å². The number of alkyl halides is 3. The van der Waals surface area contributed by atoms with Crippen molar-refractivity contribution in [1.29, 1.82) is 5.41 Å². The normalized spacial score (nSPS) is 19.5. The first-order valence-corrected chi connectivity index (χ1v) is 10.9. The molecule has 198 valence electrons. The summed E-state index contributed by atoms with van der Waals surface area (Å²) >= 11 is 0. The summed E-state index contributed by atoms with van der Waals surface area (Å²) in [6.07, 6.45) is -3.77. The number of allylic oxidation sites excluding steroid dienone is 2. The van der Waals surface area contributed by atoms with Crippen LogP contribution in [0.4, 0.5) is 17.6 Å². The number of hydrogen-bond donors (Lipinski definition) is 2. The molecule has 1 amide bonds. The van der Waals surface area contributed by atoms with Gasteiger partial charge >= 0.3 is 12.2 Å². The zero-order chi connectivity index (χ0) is 27.3. The number of ether oxygens (including phenoxy) is 2. The second kappa shape index (κ2) is 11.3. The van der Waals surface area contributed by atoms with E-state index in [0.717, 1.165) is 6.07 Å². The Balaban J connectivity index is 1.95. The molecular formula is C23H25F4N7O3. The minimum atomic E-state index is -4.58. The van der Waals surface area contributed by atoms with E-state index in [2.05, 4.69) is 27.0 Å². The number of carbonyl (C=O) groups is 1. The van der Waals surface area contributed by atoms with Crippen LogP contribution in [0.15, 0.2) is 56.7 Å². The van der Waals surface area contributed by atoms with E-state index in [9.17, 15) is 22.4 Å². The highest BCUT2D eigenvalue weighted by Crippen LogP contribution is 2.26. The Morgan fingerprint density at radius 2 is 2.08 bits per heavy atom. The molecule has 1 aromatic carbocycles. The molecule has 2 heterocycles. The van der Waals surface area contributed by atoms with Gasteiger partial charge in [-0.2, -0.15) is 23.2 Å². The third-order valence-electron chi connectivity index (χ3n) is 5.19. The largest absolute Gasteiger partial charge is 0.421 e. The van der Waals surface area contributed by atoms with E-state index in [1.165, 1.54) is 48.2 Å². The maximum atomic E-state index is 14.7. The zero-order valence-corrected chi connectivity index (χ0v) is 20.3. The van der Waals surface area contributed by atoms with Crippen molar-refractivity contribution in [1.82, 2.24) is 15.1 Å². The SMILES string of the molecule is C=NC(=N)C=CC(C)=C1N=C(Oc2ccc(C(=O)N(C)C)cc2F)N=C(N2CCO[C@H](C(F)(F)F)C2)N1. The van der Waals surface area contributed by atoms with E-state index in [-0.39, 0.29) is 48.1 Å². The van der Waals surface area contributed by atoms with Crippen LogP contribution in [-0.2, 0) is 4.74 Å². The van der Waals surface area contributed by atoms with Gasteiger partial charge in [-0.1, -0.05) is 6.08 Å². The average molecular weight is 523 g/mol. The van der Waals surface area contributed by atoms with Crippen molar-refractivity contribution in [2.75, 3.05) is 33.8 Å². The van der Waals surface area contributed by atoms with E-state index >= 15 is 0 Å². The van der Waals surface area contributed by atoms with E-state index in [1.807, 2.05) is 0 Å².